The molecule has 4 atom stereocenters. The number of hydrogen-bond donors (Lipinski definition) is 3. The average Bonchev–Trinajstić information content (AvgIpc) is 1.58. The van der Waals surface area contributed by atoms with E-state index in [1.165, 1.54) is 19.1 Å². The first-order valence-electron chi connectivity index (χ1n) is 32.6. The number of thiocarbonyl (C=S) groups is 1. The summed E-state index contributed by atoms with van der Waals surface area (Å²) in [4.78, 5) is 82.2. The van der Waals surface area contributed by atoms with Crippen molar-refractivity contribution in [1.29, 1.82) is 0 Å². The smallest absolute Gasteiger partial charge is 0.262 e. The van der Waals surface area contributed by atoms with E-state index in [9.17, 15) is 24.0 Å². The molecular formula is C79H79Br4Cl8I2N12O5SV-. The summed E-state index contributed by atoms with van der Waals surface area (Å²) in [6.45, 7) is 11.5. The zero-order valence-corrected chi connectivity index (χ0v) is 77.6. The van der Waals surface area contributed by atoms with Crippen molar-refractivity contribution in [3.05, 3.63) is 261 Å². The first-order chi connectivity index (χ1) is 51.2. The van der Waals surface area contributed by atoms with Crippen molar-refractivity contribution < 1.29 is 42.5 Å². The van der Waals surface area contributed by atoms with Crippen LogP contribution in [-0.4, -0.2) is 82.8 Å². The Morgan fingerprint density at radius 1 is 0.491 bits per heavy atom. The number of carbonyl (C=O) groups excluding carboxylic acids is 5. The zero-order valence-electron chi connectivity index (χ0n) is 58.7. The number of aliphatic imine (C=N–C) groups is 2. The Morgan fingerprint density at radius 3 is 1.20 bits per heavy atom. The third-order valence-electron chi connectivity index (χ3n) is 16.7. The van der Waals surface area contributed by atoms with Crippen LogP contribution in [0.1, 0.15) is 98.9 Å². The van der Waals surface area contributed by atoms with Crippen LogP contribution in [0.3, 0.4) is 0 Å². The molecule has 1 radical (unpaired) electrons. The molecule has 4 aliphatic rings. The van der Waals surface area contributed by atoms with Gasteiger partial charge in [0.2, 0.25) is 18.3 Å². The summed E-state index contributed by atoms with van der Waals surface area (Å²) in [5.41, 5.74) is 7.74. The number of hydrazine groups is 1. The van der Waals surface area contributed by atoms with Crippen molar-refractivity contribution in [3.8, 4) is 0 Å². The molecule has 0 bridgehead atoms. The van der Waals surface area contributed by atoms with E-state index in [1.54, 1.807) is 95.5 Å². The summed E-state index contributed by atoms with van der Waals surface area (Å²) in [5.74, 6) is 0.840. The number of hydrogen-bond acceptors (Lipinski definition) is 11. The number of amides is 5. The standard InChI is InChI=1S/C20H19BrCl2N2O.C18H15BrCl2N4O2.C18H13BrCl2N4O.C17H13BrCl2N2OS.C2H5I.CH2I.3CH4.V/c1-3-4-18-24-20(2,12-13-5-7-14(21)8-6-13)19(26)25(18)17-10-15(22)9-16(23)11-17;1-18(9-11-2-4-12(19)5-3-11)16(27)25(17(23-18)24-22-10-26)15-7-13(20)6-14(21)8-15;1-18(9-11-2-4-12(19)5-3-11)16(26)25(17-23-22-10-24(17)18)15-7-13(20)6-14(21)8-15;1-17(9-10-2-4-11(18)5-3-10)15(23)22(16(24)21-17)14-7-12(19)6-13(20)8-14;1-2-3;1-2;;;;/h5-11H,3-4,12H2,1-2H3;2-8,10H,9H2,1H3,(H,22,26)(H,23,24);2-8,10H,9H2,1H3;2-8H,9H2,1H3,(H,21,24);2H2,1H3;1H2;3*1H4;/q;;;;;-1;;;;/t20-;2*18-;17-;;;;;;/m1111....../s1. The topological polar surface area (TPSA) is 190 Å². The number of benzene rings is 8. The van der Waals surface area contributed by atoms with Gasteiger partial charge in [0.05, 0.1) is 22.7 Å². The van der Waals surface area contributed by atoms with E-state index in [-0.39, 0.29) is 70.4 Å². The van der Waals surface area contributed by atoms with Gasteiger partial charge >= 0.3 is 0 Å². The van der Waals surface area contributed by atoms with Crippen LogP contribution in [0, 0.1) is 4.93 Å². The molecule has 0 aliphatic carbocycles. The number of alkyl halides is 1. The van der Waals surface area contributed by atoms with Gasteiger partial charge in [-0.15, -0.1) is 10.2 Å². The predicted molar refractivity (Wildman–Crippen MR) is 498 cm³/mol. The van der Waals surface area contributed by atoms with Crippen LogP contribution in [0.5, 0.6) is 0 Å². The maximum atomic E-state index is 13.4. The minimum absolute atomic E-state index is 0. The van der Waals surface area contributed by atoms with Crippen LogP contribution in [0.15, 0.2) is 204 Å². The van der Waals surface area contributed by atoms with Crippen LogP contribution in [0.4, 0.5) is 28.7 Å². The van der Waals surface area contributed by atoms with Gasteiger partial charge in [-0.25, -0.2) is 14.8 Å². The average molecular weight is 2220 g/mol. The summed E-state index contributed by atoms with van der Waals surface area (Å²) < 4.78 is 6.96. The second-order valence-electron chi connectivity index (χ2n) is 25.2. The number of nitrogens with one attached hydrogen (secondary N) is 3. The molecular weight excluding hydrogens is 2140 g/mol. The van der Waals surface area contributed by atoms with Gasteiger partial charge in [-0.2, -0.15) is 0 Å². The molecule has 33 heteroatoms. The first kappa shape index (κ1) is 99.9. The summed E-state index contributed by atoms with van der Waals surface area (Å²) in [6, 6.07) is 51.3. The van der Waals surface area contributed by atoms with Crippen molar-refractivity contribution in [2.45, 2.75) is 125 Å². The Morgan fingerprint density at radius 2 is 0.821 bits per heavy atom. The van der Waals surface area contributed by atoms with Crippen LogP contribution in [-0.2, 0) is 73.8 Å². The fraction of sp³-hybridized carbons (Fsp3) is 0.253. The number of halogens is 14. The Balaban J connectivity index is 0.000000305. The van der Waals surface area contributed by atoms with Crippen LogP contribution >= 0.6 is 214 Å². The molecule has 1 aromatic heterocycles. The van der Waals surface area contributed by atoms with Gasteiger partial charge in [0.15, 0.2) is 5.11 Å². The number of amidine groups is 1. The Labute approximate surface area is 773 Å². The van der Waals surface area contributed by atoms with E-state index in [4.69, 9.17) is 110 Å². The van der Waals surface area contributed by atoms with E-state index in [0.717, 1.165) is 52.4 Å². The molecule has 8 aromatic carbocycles. The predicted octanol–water partition coefficient (Wildman–Crippen LogP) is 24.5. The molecule has 9 aromatic rings. The number of aromatic nitrogens is 3. The molecule has 13 rings (SSSR count). The molecule has 5 heterocycles. The minimum Gasteiger partial charge on any atom is -0.348 e. The van der Waals surface area contributed by atoms with Gasteiger partial charge in [-0.05, 0) is 194 Å². The number of nitrogens with zero attached hydrogens (tertiary/aromatic N) is 9. The Bertz CT molecular complexity index is 4780. The third kappa shape index (κ3) is 25.3. The van der Waals surface area contributed by atoms with E-state index in [0.29, 0.717) is 113 Å². The maximum Gasteiger partial charge on any atom is 0.262 e. The Kier molecular flexibility index (Phi) is 40.1. The third-order valence-corrected chi connectivity index (χ3v) is 20.9. The van der Waals surface area contributed by atoms with Gasteiger partial charge in [-0.3, -0.25) is 59.1 Å². The van der Waals surface area contributed by atoms with Gasteiger partial charge in [0, 0.05) is 109 Å². The molecule has 0 unspecified atom stereocenters. The molecule has 1 saturated heterocycles. The number of rotatable bonds is 16. The van der Waals surface area contributed by atoms with Crippen molar-refractivity contribution in [1.82, 2.24) is 30.9 Å². The molecule has 17 nitrogen and oxygen atoms in total. The van der Waals surface area contributed by atoms with Crippen LogP contribution in [0.25, 0.3) is 0 Å². The Hall–Kier alpha value is -4.44. The largest absolute Gasteiger partial charge is 0.348 e. The fourth-order valence-electron chi connectivity index (χ4n) is 12.0. The number of anilines is 5. The normalized spacial score (nSPS) is 18.2. The monoisotopic (exact) mass is 2210 g/mol. The van der Waals surface area contributed by atoms with E-state index in [2.05, 4.69) is 136 Å². The van der Waals surface area contributed by atoms with Crippen LogP contribution in [0.2, 0.25) is 40.2 Å². The number of carbonyl (C=O) groups is 5. The summed E-state index contributed by atoms with van der Waals surface area (Å²) in [7, 11) is 0. The molecule has 112 heavy (non-hydrogen) atoms. The van der Waals surface area contributed by atoms with Crippen molar-refractivity contribution in [2.24, 2.45) is 9.98 Å². The zero-order chi connectivity index (χ0) is 79.2. The summed E-state index contributed by atoms with van der Waals surface area (Å²) in [5, 5.41) is 15.2. The molecule has 1 fully saturated rings. The number of fused-ring (bicyclic) bond motifs is 1. The maximum absolute atomic E-state index is 13.4. The SMILES string of the molecule is C.C.C.CCCC1=N[C@](C)(Cc2ccc(Br)cc2)C(=O)N1c1cc(Cl)cc(Cl)c1.CCI.C[C@@]1(Cc2ccc(Br)cc2)C(=O)N(c2cc(Cl)cc(Cl)c2)c2nncn21.C[C@]1(Cc2ccc(Br)cc2)N=C(NNC=O)N(c2cc(Cl)cc(Cl)c2)C1=O.C[C@]1(Cc2ccc(Br)cc2)NC(=S)N(c2cc(Cl)cc(Cl)c2)C1=O.[CH2-]I.[V]. The summed E-state index contributed by atoms with van der Waals surface area (Å²) >= 11 is 72.1. The van der Waals surface area contributed by atoms with Gasteiger partial charge in [-0.1, -0.05) is 264 Å². The molecule has 0 spiro atoms. The van der Waals surface area contributed by atoms with Gasteiger partial charge in [0.25, 0.3) is 23.6 Å². The molecule has 4 aliphatic heterocycles. The molecule has 595 valence electrons. The van der Waals surface area contributed by atoms with Crippen molar-refractivity contribution in [2.75, 3.05) is 24.0 Å². The second kappa shape index (κ2) is 44.9. The molecule has 3 N–H and O–H groups in total. The van der Waals surface area contributed by atoms with Crippen LogP contribution < -0.4 is 35.8 Å². The van der Waals surface area contributed by atoms with E-state index in [1.807, 2.05) is 140 Å². The molecule has 5 amide bonds. The first-order valence-corrected chi connectivity index (χ1v) is 42.3. The van der Waals surface area contributed by atoms with E-state index < -0.39 is 22.2 Å². The summed E-state index contributed by atoms with van der Waals surface area (Å²) in [6.07, 6.45) is 5.60. The second-order valence-corrected chi connectivity index (χ2v) is 34.3. The van der Waals surface area contributed by atoms with Gasteiger partial charge in [0.1, 0.15) is 34.3 Å². The number of guanidine groups is 1. The van der Waals surface area contributed by atoms with E-state index >= 15 is 0 Å². The van der Waals surface area contributed by atoms with Crippen molar-refractivity contribution in [3.63, 3.8) is 0 Å². The minimum atomic E-state index is -1.06. The molecule has 0 saturated carbocycles. The van der Waals surface area contributed by atoms with Gasteiger partial charge < -0.3 is 27.9 Å². The fourth-order valence-corrected chi connectivity index (χ4v) is 15.5. The van der Waals surface area contributed by atoms with Crippen molar-refractivity contribution >= 4 is 290 Å². The quantitative estimate of drug-likeness (QED) is 0.0210.